The summed E-state index contributed by atoms with van der Waals surface area (Å²) in [6.07, 6.45) is 0.393. The van der Waals surface area contributed by atoms with Gasteiger partial charge in [0.2, 0.25) is 0 Å². The Labute approximate surface area is 166 Å². The molecule has 0 unspecified atom stereocenters. The van der Waals surface area contributed by atoms with Gasteiger partial charge in [0.15, 0.2) is 5.78 Å². The van der Waals surface area contributed by atoms with Gasteiger partial charge in [0.25, 0.3) is 0 Å². The first-order valence-electron chi connectivity index (χ1n) is 9.33. The summed E-state index contributed by atoms with van der Waals surface area (Å²) in [5.41, 5.74) is 2.18. The first-order valence-corrected chi connectivity index (χ1v) is 9.33. The summed E-state index contributed by atoms with van der Waals surface area (Å²) in [5, 5.41) is 6.43. The number of carbonyl (C=O) groups excluding carboxylic acids is 2. The molecule has 2 aromatic carbocycles. The van der Waals surface area contributed by atoms with Crippen molar-refractivity contribution in [1.29, 1.82) is 0 Å². The number of allylic oxidation sites excluding steroid dienone is 1. The molecule has 5 nitrogen and oxygen atoms in total. The third-order valence-electron chi connectivity index (χ3n) is 5.49. The summed E-state index contributed by atoms with van der Waals surface area (Å²) < 4.78 is 33.5. The number of halogens is 2. The lowest BCUT2D eigenvalue weighted by atomic mass is 9.74. The van der Waals surface area contributed by atoms with Crippen molar-refractivity contribution < 1.29 is 23.1 Å². The van der Waals surface area contributed by atoms with Crippen LogP contribution < -0.4 is 10.6 Å². The number of benzene rings is 2. The summed E-state index contributed by atoms with van der Waals surface area (Å²) >= 11 is 0. The predicted molar refractivity (Wildman–Crippen MR) is 104 cm³/mol. The molecule has 7 heteroatoms. The van der Waals surface area contributed by atoms with Gasteiger partial charge in [0.05, 0.1) is 24.5 Å². The van der Waals surface area contributed by atoms with Gasteiger partial charge >= 0.3 is 5.97 Å². The number of rotatable bonds is 2. The summed E-state index contributed by atoms with van der Waals surface area (Å²) in [6, 6.07) is 9.44. The van der Waals surface area contributed by atoms with Crippen molar-refractivity contribution in [2.75, 3.05) is 17.7 Å². The molecule has 0 saturated carbocycles. The third kappa shape index (κ3) is 3.26. The fraction of sp³-hybridized carbons (Fsp3) is 0.273. The van der Waals surface area contributed by atoms with E-state index in [0.29, 0.717) is 17.8 Å². The molecule has 3 atom stereocenters. The SMILES string of the molecule is COC(=O)[C@@H]1C(=O)C2=C(C[C@@H]1C)Nc1ccccc1N[C@H]2c1cc(F)ccc1F. The van der Waals surface area contributed by atoms with Gasteiger partial charge in [0, 0.05) is 16.8 Å². The Bertz CT molecular complexity index is 1030. The number of para-hydroxylation sites is 2. The lowest BCUT2D eigenvalue weighted by Gasteiger charge is -2.32. The second-order valence-corrected chi connectivity index (χ2v) is 7.35. The average molecular weight is 398 g/mol. The number of esters is 1. The molecule has 29 heavy (non-hydrogen) atoms. The predicted octanol–water partition coefficient (Wildman–Crippen LogP) is 4.20. The summed E-state index contributed by atoms with van der Waals surface area (Å²) in [4.78, 5) is 25.7. The normalized spacial score (nSPS) is 23.3. The second kappa shape index (κ2) is 7.31. The summed E-state index contributed by atoms with van der Waals surface area (Å²) in [6.45, 7) is 1.80. The number of hydrogen-bond donors (Lipinski definition) is 2. The van der Waals surface area contributed by atoms with Crippen LogP contribution in [0, 0.1) is 23.5 Å². The monoisotopic (exact) mass is 398 g/mol. The molecule has 0 radical (unpaired) electrons. The van der Waals surface area contributed by atoms with Crippen LogP contribution in [0.2, 0.25) is 0 Å². The number of ether oxygens (including phenoxy) is 1. The van der Waals surface area contributed by atoms with Gasteiger partial charge in [-0.3, -0.25) is 9.59 Å². The molecule has 0 fully saturated rings. The molecule has 2 N–H and O–H groups in total. The molecule has 1 heterocycles. The van der Waals surface area contributed by atoms with Crippen molar-refractivity contribution in [3.8, 4) is 0 Å². The van der Waals surface area contributed by atoms with E-state index in [4.69, 9.17) is 4.74 Å². The van der Waals surface area contributed by atoms with Gasteiger partial charge in [-0.25, -0.2) is 8.78 Å². The van der Waals surface area contributed by atoms with Gasteiger partial charge < -0.3 is 15.4 Å². The first-order chi connectivity index (χ1) is 13.9. The average Bonchev–Trinajstić information content (AvgIpc) is 2.86. The lowest BCUT2D eigenvalue weighted by molar-refractivity contribution is -0.151. The zero-order valence-corrected chi connectivity index (χ0v) is 16.0. The van der Waals surface area contributed by atoms with Crippen LogP contribution in [0.25, 0.3) is 0 Å². The molecule has 0 amide bonds. The number of hydrogen-bond acceptors (Lipinski definition) is 5. The maximum atomic E-state index is 14.7. The molecule has 150 valence electrons. The van der Waals surface area contributed by atoms with Gasteiger partial charge in [-0.2, -0.15) is 0 Å². The van der Waals surface area contributed by atoms with Crippen LogP contribution in [0.3, 0.4) is 0 Å². The zero-order valence-electron chi connectivity index (χ0n) is 16.0. The van der Waals surface area contributed by atoms with Gasteiger partial charge in [-0.05, 0) is 42.7 Å². The zero-order chi connectivity index (χ0) is 20.7. The Hall–Kier alpha value is -3.22. The van der Waals surface area contributed by atoms with Gasteiger partial charge in [-0.15, -0.1) is 0 Å². The fourth-order valence-electron chi connectivity index (χ4n) is 4.10. The minimum atomic E-state index is -0.998. The Morgan fingerprint density at radius 3 is 2.59 bits per heavy atom. The molecule has 1 aliphatic heterocycles. The van der Waals surface area contributed by atoms with E-state index in [2.05, 4.69) is 10.6 Å². The number of carbonyl (C=O) groups is 2. The molecule has 4 rings (SSSR count). The van der Waals surface area contributed by atoms with Gasteiger partial charge in [-0.1, -0.05) is 19.1 Å². The molecule has 0 spiro atoms. The minimum absolute atomic E-state index is 0.00234. The van der Waals surface area contributed by atoms with Crippen LogP contribution in [0.1, 0.15) is 24.9 Å². The molecular weight excluding hydrogens is 378 g/mol. The molecular formula is C22H20F2N2O3. The quantitative estimate of drug-likeness (QED) is 0.586. The standard InChI is InChI=1S/C22H20F2N2O3/c1-11-9-17-19(21(27)18(11)22(28)29-2)20(13-10-12(23)7-8-14(13)24)26-16-6-4-3-5-15(16)25-17/h3-8,10-11,18,20,25-26H,9H2,1-2H3/t11-,18-,20-/m0/s1. The lowest BCUT2D eigenvalue weighted by Crippen LogP contribution is -2.39. The van der Waals surface area contributed by atoms with E-state index in [-0.39, 0.29) is 17.1 Å². The van der Waals surface area contributed by atoms with Crippen molar-refractivity contribution >= 4 is 23.1 Å². The second-order valence-electron chi connectivity index (χ2n) is 7.35. The topological polar surface area (TPSA) is 67.4 Å². The van der Waals surface area contributed by atoms with E-state index in [9.17, 15) is 18.4 Å². The summed E-state index contributed by atoms with van der Waals surface area (Å²) in [5.74, 6) is -3.64. The fourth-order valence-corrected chi connectivity index (χ4v) is 4.10. The van der Waals surface area contributed by atoms with Gasteiger partial charge in [0.1, 0.15) is 17.6 Å². The van der Waals surface area contributed by atoms with E-state index in [1.807, 2.05) is 12.1 Å². The number of ketones is 1. The van der Waals surface area contributed by atoms with Crippen molar-refractivity contribution in [2.45, 2.75) is 19.4 Å². The van der Waals surface area contributed by atoms with E-state index in [1.54, 1.807) is 19.1 Å². The molecule has 2 aliphatic rings. The number of fused-ring (bicyclic) bond motifs is 1. The molecule has 0 saturated heterocycles. The van der Waals surface area contributed by atoms with E-state index in [0.717, 1.165) is 23.9 Å². The maximum absolute atomic E-state index is 14.7. The maximum Gasteiger partial charge on any atom is 0.316 e. The Balaban J connectivity index is 1.91. The third-order valence-corrected chi connectivity index (χ3v) is 5.49. The van der Waals surface area contributed by atoms with Crippen molar-refractivity contribution in [2.24, 2.45) is 11.8 Å². The van der Waals surface area contributed by atoms with Crippen molar-refractivity contribution in [3.63, 3.8) is 0 Å². The first kappa shape index (κ1) is 19.1. The highest BCUT2D eigenvalue weighted by Gasteiger charge is 2.44. The van der Waals surface area contributed by atoms with Crippen LogP contribution >= 0.6 is 0 Å². The Morgan fingerprint density at radius 2 is 1.86 bits per heavy atom. The summed E-state index contributed by atoms with van der Waals surface area (Å²) in [7, 11) is 1.23. The van der Waals surface area contributed by atoms with E-state index >= 15 is 0 Å². The van der Waals surface area contributed by atoms with Crippen molar-refractivity contribution in [3.05, 3.63) is 70.9 Å². The highest BCUT2D eigenvalue weighted by molar-refractivity contribution is 6.11. The number of nitrogens with one attached hydrogen (secondary N) is 2. The van der Waals surface area contributed by atoms with Crippen molar-refractivity contribution in [1.82, 2.24) is 0 Å². The Kier molecular flexibility index (Phi) is 4.82. The Morgan fingerprint density at radius 1 is 1.14 bits per heavy atom. The van der Waals surface area contributed by atoms with Crippen LogP contribution in [0.15, 0.2) is 53.7 Å². The number of Topliss-reactive ketones (excluding diaryl/α,β-unsaturated/α-hetero) is 1. The molecule has 1 aliphatic carbocycles. The molecule has 0 aromatic heterocycles. The largest absolute Gasteiger partial charge is 0.468 e. The van der Waals surface area contributed by atoms with Crippen LogP contribution in [-0.2, 0) is 14.3 Å². The minimum Gasteiger partial charge on any atom is -0.468 e. The molecule has 0 bridgehead atoms. The van der Waals surface area contributed by atoms with Crippen LogP contribution in [-0.4, -0.2) is 18.9 Å². The van der Waals surface area contributed by atoms with Crippen LogP contribution in [0.5, 0.6) is 0 Å². The van der Waals surface area contributed by atoms with E-state index in [1.165, 1.54) is 7.11 Å². The smallest absolute Gasteiger partial charge is 0.316 e. The van der Waals surface area contributed by atoms with Crippen LogP contribution in [0.4, 0.5) is 20.2 Å². The number of methoxy groups -OCH3 is 1. The van der Waals surface area contributed by atoms with E-state index < -0.39 is 35.3 Å². The molecule has 2 aromatic rings. The number of anilines is 2. The highest BCUT2D eigenvalue weighted by Crippen LogP contribution is 2.44. The highest BCUT2D eigenvalue weighted by atomic mass is 19.1.